The number of fused-ring (bicyclic) bond motifs is 1. The topological polar surface area (TPSA) is 84.0 Å². The third kappa shape index (κ3) is 4.16. The Balaban J connectivity index is 1.28. The number of imide groups is 1. The van der Waals surface area contributed by atoms with Gasteiger partial charge in [0, 0.05) is 24.7 Å². The van der Waals surface area contributed by atoms with Gasteiger partial charge in [0.2, 0.25) is 17.7 Å². The second-order valence-corrected chi connectivity index (χ2v) is 9.51. The van der Waals surface area contributed by atoms with E-state index in [2.05, 4.69) is 6.92 Å². The van der Waals surface area contributed by atoms with Gasteiger partial charge < -0.3 is 9.64 Å². The van der Waals surface area contributed by atoms with Crippen LogP contribution in [0.1, 0.15) is 32.3 Å². The first kappa shape index (κ1) is 23.0. The Morgan fingerprint density at radius 1 is 1.03 bits per heavy atom. The van der Waals surface area contributed by atoms with Crippen LogP contribution in [0.15, 0.2) is 60.7 Å². The number of allylic oxidation sites excluding steroid dienone is 2. The molecule has 7 heteroatoms. The van der Waals surface area contributed by atoms with Crippen LogP contribution in [0, 0.1) is 23.7 Å². The average molecular weight is 473 g/mol. The number of rotatable bonds is 5. The molecule has 0 unspecified atom stereocenters. The minimum absolute atomic E-state index is 0.00256. The molecule has 0 spiro atoms. The van der Waals surface area contributed by atoms with E-state index in [-0.39, 0.29) is 54.2 Å². The SMILES string of the molecule is CCc1ccc(N2C[C@H](C(=O)Oc3cccc(N4C(=O)[C@H]5[C@@H](C)C=CC[C@H]5C4=O)c3)CC2=O)cc1. The fourth-order valence-electron chi connectivity index (χ4n) is 5.31. The Kier molecular flexibility index (Phi) is 6.01. The Morgan fingerprint density at radius 2 is 1.80 bits per heavy atom. The zero-order valence-electron chi connectivity index (χ0n) is 19.8. The molecule has 0 bridgehead atoms. The van der Waals surface area contributed by atoms with Crippen LogP contribution in [0.5, 0.6) is 5.75 Å². The fourth-order valence-corrected chi connectivity index (χ4v) is 5.31. The molecule has 7 nitrogen and oxygen atoms in total. The summed E-state index contributed by atoms with van der Waals surface area (Å²) in [5.41, 5.74) is 2.34. The van der Waals surface area contributed by atoms with E-state index in [4.69, 9.17) is 4.74 Å². The summed E-state index contributed by atoms with van der Waals surface area (Å²) in [4.78, 5) is 54.4. The molecule has 2 heterocycles. The normalized spacial score (nSPS) is 25.8. The predicted molar refractivity (Wildman–Crippen MR) is 131 cm³/mol. The first-order valence-electron chi connectivity index (χ1n) is 12.1. The van der Waals surface area contributed by atoms with E-state index in [9.17, 15) is 19.2 Å². The summed E-state index contributed by atoms with van der Waals surface area (Å²) < 4.78 is 5.60. The van der Waals surface area contributed by atoms with Gasteiger partial charge >= 0.3 is 5.97 Å². The predicted octanol–water partition coefficient (Wildman–Crippen LogP) is 3.91. The van der Waals surface area contributed by atoms with Gasteiger partial charge in [-0.15, -0.1) is 0 Å². The summed E-state index contributed by atoms with van der Waals surface area (Å²) in [5, 5.41) is 0. The lowest BCUT2D eigenvalue weighted by Gasteiger charge is -2.22. The Hall–Kier alpha value is -3.74. The van der Waals surface area contributed by atoms with E-state index in [1.54, 1.807) is 29.2 Å². The lowest BCUT2D eigenvalue weighted by molar-refractivity contribution is -0.139. The van der Waals surface area contributed by atoms with Crippen LogP contribution >= 0.6 is 0 Å². The third-order valence-corrected chi connectivity index (χ3v) is 7.28. The first-order valence-corrected chi connectivity index (χ1v) is 12.1. The first-order chi connectivity index (χ1) is 16.9. The number of anilines is 2. The highest BCUT2D eigenvalue weighted by atomic mass is 16.5. The summed E-state index contributed by atoms with van der Waals surface area (Å²) in [6.45, 7) is 4.27. The Bertz CT molecular complexity index is 1220. The van der Waals surface area contributed by atoms with Crippen LogP contribution in [0.25, 0.3) is 0 Å². The van der Waals surface area contributed by atoms with Crippen molar-refractivity contribution in [3.05, 3.63) is 66.2 Å². The quantitative estimate of drug-likeness (QED) is 0.285. The number of aryl methyl sites for hydroxylation is 1. The lowest BCUT2D eigenvalue weighted by Crippen LogP contribution is -2.31. The van der Waals surface area contributed by atoms with Crippen LogP contribution in [0.3, 0.4) is 0 Å². The number of ether oxygens (including phenoxy) is 1. The summed E-state index contributed by atoms with van der Waals surface area (Å²) in [6, 6.07) is 14.2. The lowest BCUT2D eigenvalue weighted by atomic mass is 9.78. The number of carbonyl (C=O) groups is 4. The van der Waals surface area contributed by atoms with Crippen molar-refractivity contribution in [2.75, 3.05) is 16.3 Å². The molecule has 4 atom stereocenters. The van der Waals surface area contributed by atoms with E-state index in [1.807, 2.05) is 43.3 Å². The summed E-state index contributed by atoms with van der Waals surface area (Å²) in [5.74, 6) is -2.13. The molecule has 35 heavy (non-hydrogen) atoms. The zero-order chi connectivity index (χ0) is 24.7. The van der Waals surface area contributed by atoms with Gasteiger partial charge in [0.05, 0.1) is 23.4 Å². The number of carbonyl (C=O) groups excluding carboxylic acids is 4. The Labute approximate surface area is 204 Å². The number of nitrogens with zero attached hydrogens (tertiary/aromatic N) is 2. The molecule has 1 aliphatic carbocycles. The van der Waals surface area contributed by atoms with Crippen molar-refractivity contribution in [2.45, 2.75) is 33.1 Å². The van der Waals surface area contributed by atoms with E-state index >= 15 is 0 Å². The molecule has 0 aromatic heterocycles. The van der Waals surface area contributed by atoms with Crippen molar-refractivity contribution in [3.63, 3.8) is 0 Å². The van der Waals surface area contributed by atoms with Gasteiger partial charge in [-0.2, -0.15) is 0 Å². The molecule has 0 radical (unpaired) electrons. The molecule has 3 aliphatic rings. The maximum Gasteiger partial charge on any atom is 0.316 e. The van der Waals surface area contributed by atoms with Crippen molar-refractivity contribution in [1.82, 2.24) is 0 Å². The molecule has 0 saturated carbocycles. The standard InChI is InChI=1S/C28H28N2O5/c1-3-18-10-12-20(13-11-18)29-16-19(14-24(29)31)28(34)35-22-8-5-7-21(15-22)30-26(32)23-9-4-6-17(2)25(23)27(30)33/h4-8,10-13,15,17,19,23,25H,3,9,14,16H2,1-2H3/t17-,19+,23+,25-/m0/s1. The molecule has 2 aromatic carbocycles. The monoisotopic (exact) mass is 472 g/mol. The maximum atomic E-state index is 13.1. The van der Waals surface area contributed by atoms with E-state index in [0.717, 1.165) is 12.1 Å². The Morgan fingerprint density at radius 3 is 2.51 bits per heavy atom. The van der Waals surface area contributed by atoms with Crippen LogP contribution in [-0.4, -0.2) is 30.2 Å². The minimum atomic E-state index is -0.596. The maximum absolute atomic E-state index is 13.1. The molecule has 3 amide bonds. The van der Waals surface area contributed by atoms with Gasteiger partial charge in [0.1, 0.15) is 5.75 Å². The zero-order valence-corrected chi connectivity index (χ0v) is 19.8. The van der Waals surface area contributed by atoms with Crippen LogP contribution in [0.4, 0.5) is 11.4 Å². The summed E-state index contributed by atoms with van der Waals surface area (Å²) in [6.07, 6.45) is 5.49. The van der Waals surface area contributed by atoms with Crippen molar-refractivity contribution in [1.29, 1.82) is 0 Å². The second-order valence-electron chi connectivity index (χ2n) is 9.51. The van der Waals surface area contributed by atoms with Gasteiger partial charge in [-0.1, -0.05) is 44.2 Å². The van der Waals surface area contributed by atoms with Crippen LogP contribution in [0.2, 0.25) is 0 Å². The highest BCUT2D eigenvalue weighted by Crippen LogP contribution is 2.41. The number of benzene rings is 2. The molecule has 180 valence electrons. The van der Waals surface area contributed by atoms with E-state index in [1.165, 1.54) is 10.5 Å². The smallest absolute Gasteiger partial charge is 0.316 e. The van der Waals surface area contributed by atoms with Gasteiger partial charge in [-0.3, -0.25) is 19.2 Å². The van der Waals surface area contributed by atoms with Gasteiger partial charge in [-0.25, -0.2) is 4.90 Å². The van der Waals surface area contributed by atoms with Crippen LogP contribution in [-0.2, 0) is 25.6 Å². The average Bonchev–Trinajstić information content (AvgIpc) is 3.37. The molecular formula is C28H28N2O5. The summed E-state index contributed by atoms with van der Waals surface area (Å²) >= 11 is 0. The summed E-state index contributed by atoms with van der Waals surface area (Å²) in [7, 11) is 0. The third-order valence-electron chi connectivity index (χ3n) is 7.28. The molecule has 2 fully saturated rings. The number of hydrogen-bond donors (Lipinski definition) is 0. The number of esters is 1. The van der Waals surface area contributed by atoms with Crippen molar-refractivity contribution >= 4 is 35.1 Å². The highest BCUT2D eigenvalue weighted by Gasteiger charge is 2.50. The van der Waals surface area contributed by atoms with Gasteiger partial charge in [-0.05, 0) is 48.6 Å². The van der Waals surface area contributed by atoms with Crippen molar-refractivity contribution < 1.29 is 23.9 Å². The van der Waals surface area contributed by atoms with E-state index < -0.39 is 11.9 Å². The van der Waals surface area contributed by atoms with E-state index in [0.29, 0.717) is 12.1 Å². The molecule has 2 saturated heterocycles. The van der Waals surface area contributed by atoms with Gasteiger partial charge in [0.25, 0.3) is 0 Å². The molecule has 0 N–H and O–H groups in total. The largest absolute Gasteiger partial charge is 0.426 e. The van der Waals surface area contributed by atoms with Crippen molar-refractivity contribution in [3.8, 4) is 5.75 Å². The molecule has 2 aliphatic heterocycles. The highest BCUT2D eigenvalue weighted by molar-refractivity contribution is 6.22. The number of hydrogen-bond acceptors (Lipinski definition) is 5. The van der Waals surface area contributed by atoms with Crippen molar-refractivity contribution in [2.24, 2.45) is 23.7 Å². The van der Waals surface area contributed by atoms with Crippen LogP contribution < -0.4 is 14.5 Å². The molecule has 5 rings (SSSR count). The number of amides is 3. The second kappa shape index (κ2) is 9.13. The molecule has 2 aromatic rings. The minimum Gasteiger partial charge on any atom is -0.426 e. The van der Waals surface area contributed by atoms with Gasteiger partial charge in [0.15, 0.2) is 0 Å². The molecular weight excluding hydrogens is 444 g/mol. The fraction of sp³-hybridized carbons (Fsp3) is 0.357.